The van der Waals surface area contributed by atoms with Crippen molar-refractivity contribution < 1.29 is 18.7 Å². The van der Waals surface area contributed by atoms with E-state index in [4.69, 9.17) is 9.47 Å². The summed E-state index contributed by atoms with van der Waals surface area (Å²) in [5, 5.41) is 3.57. The molecule has 0 saturated heterocycles. The zero-order valence-electron chi connectivity index (χ0n) is 18.4. The summed E-state index contributed by atoms with van der Waals surface area (Å²) in [6.45, 7) is 5.91. The third-order valence-electron chi connectivity index (χ3n) is 5.63. The number of thiazole rings is 1. The van der Waals surface area contributed by atoms with Crippen LogP contribution in [0, 0.1) is 12.7 Å². The Morgan fingerprint density at radius 3 is 2.97 bits per heavy atom. The largest absolute Gasteiger partial charge is 0.444 e. The highest BCUT2D eigenvalue weighted by Gasteiger charge is 2.17. The van der Waals surface area contributed by atoms with Crippen LogP contribution in [0.25, 0.3) is 21.6 Å². The zero-order chi connectivity index (χ0) is 22.9. The molecule has 0 bridgehead atoms. The molecule has 9 heteroatoms. The highest BCUT2D eigenvalue weighted by atomic mass is 32.1. The van der Waals surface area contributed by atoms with E-state index in [-0.39, 0.29) is 12.4 Å². The molecule has 1 amide bonds. The molecule has 0 atom stereocenters. The second kappa shape index (κ2) is 8.92. The van der Waals surface area contributed by atoms with Crippen molar-refractivity contribution in [2.45, 2.75) is 40.0 Å². The molecule has 5 rings (SSSR count). The first-order chi connectivity index (χ1) is 16.0. The molecule has 0 radical (unpaired) electrons. The van der Waals surface area contributed by atoms with Gasteiger partial charge >= 0.3 is 6.09 Å². The number of hydrogen-bond acceptors (Lipinski definition) is 6. The van der Waals surface area contributed by atoms with Crippen LogP contribution in [0.1, 0.15) is 28.9 Å². The van der Waals surface area contributed by atoms with Gasteiger partial charge in [0.1, 0.15) is 29.9 Å². The number of amides is 1. The lowest BCUT2D eigenvalue weighted by molar-refractivity contribution is 0.0830. The minimum absolute atomic E-state index is 0.116. The lowest BCUT2D eigenvalue weighted by Crippen LogP contribution is -2.16. The van der Waals surface area contributed by atoms with Gasteiger partial charge in [0.15, 0.2) is 0 Å². The number of benzene rings is 2. The SMILES string of the molecule is CCc1nc(-c2ccc(F)cc2C)sc1COC(=O)Nc1ccc2c(c1)nc1n2CCOC1. The number of aromatic nitrogens is 3. The van der Waals surface area contributed by atoms with Crippen molar-refractivity contribution in [3.63, 3.8) is 0 Å². The number of fused-ring (bicyclic) bond motifs is 3. The smallest absolute Gasteiger partial charge is 0.411 e. The molecule has 0 unspecified atom stereocenters. The number of carbonyl (C=O) groups excluding carboxylic acids is 1. The Kier molecular flexibility index (Phi) is 5.82. The Balaban J connectivity index is 1.27. The zero-order valence-corrected chi connectivity index (χ0v) is 19.2. The van der Waals surface area contributed by atoms with Gasteiger partial charge in [-0.3, -0.25) is 5.32 Å². The van der Waals surface area contributed by atoms with Gasteiger partial charge in [-0.2, -0.15) is 0 Å². The Morgan fingerprint density at radius 1 is 1.27 bits per heavy atom. The van der Waals surface area contributed by atoms with Gasteiger partial charge in [-0.1, -0.05) is 6.92 Å². The standard InChI is InChI=1S/C24H23FN4O3S/c1-3-18-21(33-23(28-18)17-6-4-15(25)10-14(17)2)12-32-24(30)26-16-5-7-20-19(11-16)27-22-13-31-9-8-29(20)22/h4-7,10-11H,3,8-9,12-13H2,1-2H3,(H,26,30). The van der Waals surface area contributed by atoms with Crippen molar-refractivity contribution in [3.8, 4) is 10.6 Å². The summed E-state index contributed by atoms with van der Waals surface area (Å²) in [5.74, 6) is 0.617. The molecule has 0 saturated carbocycles. The molecule has 1 aliphatic rings. The summed E-state index contributed by atoms with van der Waals surface area (Å²) in [6, 6.07) is 10.3. The summed E-state index contributed by atoms with van der Waals surface area (Å²) in [7, 11) is 0. The summed E-state index contributed by atoms with van der Waals surface area (Å²) in [4.78, 5) is 22.6. The number of hydrogen-bond donors (Lipinski definition) is 1. The lowest BCUT2D eigenvalue weighted by atomic mass is 10.1. The van der Waals surface area contributed by atoms with Crippen LogP contribution in [0.15, 0.2) is 36.4 Å². The average Bonchev–Trinajstić information content (AvgIpc) is 3.38. The Bertz CT molecular complexity index is 1350. The Morgan fingerprint density at radius 2 is 2.15 bits per heavy atom. The van der Waals surface area contributed by atoms with E-state index >= 15 is 0 Å². The molecule has 1 N–H and O–H groups in total. The van der Waals surface area contributed by atoms with Crippen LogP contribution in [-0.4, -0.2) is 27.2 Å². The van der Waals surface area contributed by atoms with Gasteiger partial charge in [0.2, 0.25) is 0 Å². The minimum atomic E-state index is -0.545. The normalized spacial score (nSPS) is 13.2. The number of nitrogens with zero attached hydrogens (tertiary/aromatic N) is 3. The van der Waals surface area contributed by atoms with Crippen LogP contribution in [0.5, 0.6) is 0 Å². The number of imidazole rings is 1. The highest BCUT2D eigenvalue weighted by Crippen LogP contribution is 2.31. The maximum absolute atomic E-state index is 13.5. The van der Waals surface area contributed by atoms with Crippen LogP contribution < -0.4 is 5.32 Å². The van der Waals surface area contributed by atoms with E-state index in [1.54, 1.807) is 6.07 Å². The number of anilines is 1. The van der Waals surface area contributed by atoms with E-state index < -0.39 is 6.09 Å². The molecule has 4 aromatic rings. The van der Waals surface area contributed by atoms with Crippen LogP contribution in [0.4, 0.5) is 14.9 Å². The fourth-order valence-electron chi connectivity index (χ4n) is 3.98. The predicted molar refractivity (Wildman–Crippen MR) is 125 cm³/mol. The van der Waals surface area contributed by atoms with Gasteiger partial charge < -0.3 is 14.0 Å². The van der Waals surface area contributed by atoms with Crippen LogP contribution in [-0.2, 0) is 35.7 Å². The maximum Gasteiger partial charge on any atom is 0.411 e. The lowest BCUT2D eigenvalue weighted by Gasteiger charge is -2.14. The van der Waals surface area contributed by atoms with Gasteiger partial charge in [0.05, 0.1) is 28.2 Å². The van der Waals surface area contributed by atoms with Crippen molar-refractivity contribution in [1.82, 2.24) is 14.5 Å². The molecule has 3 heterocycles. The Hall–Kier alpha value is -3.30. The summed E-state index contributed by atoms with van der Waals surface area (Å²) < 4.78 is 26.5. The van der Waals surface area contributed by atoms with E-state index in [0.717, 1.165) is 50.1 Å². The molecule has 2 aromatic heterocycles. The highest BCUT2D eigenvalue weighted by molar-refractivity contribution is 7.15. The number of rotatable bonds is 5. The quantitative estimate of drug-likeness (QED) is 0.423. The van der Waals surface area contributed by atoms with E-state index in [9.17, 15) is 9.18 Å². The number of carbonyl (C=O) groups is 1. The van der Waals surface area contributed by atoms with Crippen molar-refractivity contribution in [2.24, 2.45) is 0 Å². The Labute approximate surface area is 194 Å². The molecular weight excluding hydrogens is 443 g/mol. The summed E-state index contributed by atoms with van der Waals surface area (Å²) >= 11 is 1.46. The van der Waals surface area contributed by atoms with Gasteiger partial charge in [0.25, 0.3) is 0 Å². The number of halogens is 1. The fraction of sp³-hybridized carbons (Fsp3) is 0.292. The third kappa shape index (κ3) is 4.34. The molecule has 2 aromatic carbocycles. The van der Waals surface area contributed by atoms with Crippen molar-refractivity contribution in [3.05, 3.63) is 64.2 Å². The van der Waals surface area contributed by atoms with Gasteiger partial charge in [0, 0.05) is 17.8 Å². The van der Waals surface area contributed by atoms with Crippen molar-refractivity contribution in [1.29, 1.82) is 0 Å². The first kappa shape index (κ1) is 21.5. The summed E-state index contributed by atoms with van der Waals surface area (Å²) in [5.41, 5.74) is 5.02. The predicted octanol–water partition coefficient (Wildman–Crippen LogP) is 5.45. The molecule has 1 aliphatic heterocycles. The summed E-state index contributed by atoms with van der Waals surface area (Å²) in [6.07, 6.45) is 0.166. The van der Waals surface area contributed by atoms with E-state index in [2.05, 4.69) is 19.9 Å². The second-order valence-corrected chi connectivity index (χ2v) is 8.92. The molecule has 170 valence electrons. The van der Waals surface area contributed by atoms with Crippen LogP contribution in [0.3, 0.4) is 0 Å². The average molecular weight is 467 g/mol. The monoisotopic (exact) mass is 466 g/mol. The molecule has 0 fully saturated rings. The first-order valence-electron chi connectivity index (χ1n) is 10.8. The van der Waals surface area contributed by atoms with E-state index in [1.807, 2.05) is 32.0 Å². The van der Waals surface area contributed by atoms with E-state index in [0.29, 0.717) is 25.3 Å². The van der Waals surface area contributed by atoms with Crippen LogP contribution >= 0.6 is 11.3 Å². The van der Waals surface area contributed by atoms with Gasteiger partial charge in [-0.25, -0.2) is 19.2 Å². The molecule has 0 spiro atoms. The van der Waals surface area contributed by atoms with Crippen molar-refractivity contribution >= 4 is 34.2 Å². The topological polar surface area (TPSA) is 78.3 Å². The molecule has 33 heavy (non-hydrogen) atoms. The minimum Gasteiger partial charge on any atom is -0.444 e. The van der Waals surface area contributed by atoms with Crippen molar-refractivity contribution in [2.75, 3.05) is 11.9 Å². The third-order valence-corrected chi connectivity index (χ3v) is 6.73. The molecule has 7 nitrogen and oxygen atoms in total. The first-order valence-corrected chi connectivity index (χ1v) is 11.6. The van der Waals surface area contributed by atoms with Gasteiger partial charge in [-0.15, -0.1) is 11.3 Å². The van der Waals surface area contributed by atoms with E-state index in [1.165, 1.54) is 23.5 Å². The molecular formula is C24H23FN4O3S. The second-order valence-electron chi connectivity index (χ2n) is 7.84. The fourth-order valence-corrected chi connectivity index (χ4v) is 5.13. The molecule has 0 aliphatic carbocycles. The number of ether oxygens (including phenoxy) is 2. The van der Waals surface area contributed by atoms with Crippen LogP contribution in [0.2, 0.25) is 0 Å². The van der Waals surface area contributed by atoms with Gasteiger partial charge in [-0.05, 0) is 55.3 Å². The number of nitrogens with one attached hydrogen (secondary N) is 1. The maximum atomic E-state index is 13.5. The number of aryl methyl sites for hydroxylation is 2.